The zero-order valence-electron chi connectivity index (χ0n) is 8.49. The third-order valence-corrected chi connectivity index (χ3v) is 2.35. The number of rotatable bonds is 2. The zero-order valence-corrected chi connectivity index (χ0v) is 8.49. The van der Waals surface area contributed by atoms with Gasteiger partial charge in [0, 0.05) is 6.04 Å². The normalized spacial score (nSPS) is 26.4. The second kappa shape index (κ2) is 3.98. The highest BCUT2D eigenvalue weighted by molar-refractivity contribution is 5.30. The third kappa shape index (κ3) is 1.89. The summed E-state index contributed by atoms with van der Waals surface area (Å²) in [5.74, 6) is 0.868. The Labute approximate surface area is 84.0 Å². The van der Waals surface area contributed by atoms with Crippen LogP contribution in [0.3, 0.4) is 0 Å². The Kier molecular flexibility index (Phi) is 2.70. The Morgan fingerprint density at radius 3 is 3.00 bits per heavy atom. The summed E-state index contributed by atoms with van der Waals surface area (Å²) in [6.45, 7) is 2.88. The Morgan fingerprint density at radius 2 is 2.36 bits per heavy atom. The van der Waals surface area contributed by atoms with Crippen molar-refractivity contribution >= 4 is 0 Å². The van der Waals surface area contributed by atoms with Crippen molar-refractivity contribution in [2.75, 3.05) is 13.7 Å². The van der Waals surface area contributed by atoms with E-state index < -0.39 is 0 Å². The molecule has 76 valence electrons. The minimum Gasteiger partial charge on any atom is -0.497 e. The van der Waals surface area contributed by atoms with Gasteiger partial charge < -0.3 is 9.47 Å². The van der Waals surface area contributed by atoms with Gasteiger partial charge in [-0.15, -0.1) is 0 Å². The highest BCUT2D eigenvalue weighted by Crippen LogP contribution is 2.23. The number of ether oxygens (including phenoxy) is 2. The molecule has 1 aliphatic rings. The zero-order chi connectivity index (χ0) is 9.97. The monoisotopic (exact) mass is 193 g/mol. The van der Waals surface area contributed by atoms with Crippen LogP contribution in [0.2, 0.25) is 0 Å². The number of benzene rings is 1. The smallest absolute Gasteiger partial charge is 0.134 e. The van der Waals surface area contributed by atoms with Gasteiger partial charge in [0.1, 0.15) is 12.0 Å². The molecule has 1 saturated heterocycles. The van der Waals surface area contributed by atoms with Gasteiger partial charge in [-0.25, -0.2) is 0 Å². The molecule has 2 rings (SSSR count). The molecule has 1 heterocycles. The van der Waals surface area contributed by atoms with Crippen molar-refractivity contribution in [3.05, 3.63) is 29.8 Å². The van der Waals surface area contributed by atoms with Gasteiger partial charge in [0.15, 0.2) is 0 Å². The van der Waals surface area contributed by atoms with Crippen LogP contribution in [0, 0.1) is 0 Å². The average Bonchev–Trinajstić information content (AvgIpc) is 2.65. The fourth-order valence-corrected chi connectivity index (χ4v) is 1.59. The molecule has 0 saturated carbocycles. The van der Waals surface area contributed by atoms with Gasteiger partial charge in [-0.05, 0) is 24.6 Å². The van der Waals surface area contributed by atoms with Gasteiger partial charge >= 0.3 is 0 Å². The van der Waals surface area contributed by atoms with Gasteiger partial charge in [0.25, 0.3) is 0 Å². The molecule has 1 aromatic carbocycles. The largest absolute Gasteiger partial charge is 0.497 e. The molecular weight excluding hydrogens is 178 g/mol. The molecule has 1 fully saturated rings. The molecule has 2 atom stereocenters. The van der Waals surface area contributed by atoms with Crippen molar-refractivity contribution in [3.8, 4) is 5.75 Å². The van der Waals surface area contributed by atoms with Crippen LogP contribution < -0.4 is 10.1 Å². The van der Waals surface area contributed by atoms with Crippen molar-refractivity contribution < 1.29 is 9.47 Å². The van der Waals surface area contributed by atoms with Gasteiger partial charge in [-0.3, -0.25) is 5.32 Å². The summed E-state index contributed by atoms with van der Waals surface area (Å²) in [5, 5.41) is 3.34. The fourth-order valence-electron chi connectivity index (χ4n) is 1.59. The average molecular weight is 193 g/mol. The lowest BCUT2D eigenvalue weighted by Gasteiger charge is -2.11. The van der Waals surface area contributed by atoms with Crippen LogP contribution in [0.1, 0.15) is 18.7 Å². The number of hydrogen-bond acceptors (Lipinski definition) is 3. The van der Waals surface area contributed by atoms with Crippen molar-refractivity contribution in [2.45, 2.75) is 19.2 Å². The Balaban J connectivity index is 2.15. The first-order chi connectivity index (χ1) is 6.79. The van der Waals surface area contributed by atoms with Crippen LogP contribution in [0.25, 0.3) is 0 Å². The minimum atomic E-state index is 0.0140. The number of nitrogens with one attached hydrogen (secondary N) is 1. The van der Waals surface area contributed by atoms with Crippen LogP contribution in [0.4, 0.5) is 0 Å². The standard InChI is InChI=1S/C11H15NO2/c1-8-7-14-11(12-8)9-4-3-5-10(6-9)13-2/h3-6,8,11-12H,7H2,1-2H3. The van der Waals surface area contributed by atoms with Crippen molar-refractivity contribution in [3.63, 3.8) is 0 Å². The first-order valence-corrected chi connectivity index (χ1v) is 4.81. The maximum atomic E-state index is 5.58. The molecule has 0 aliphatic carbocycles. The van der Waals surface area contributed by atoms with E-state index in [9.17, 15) is 0 Å². The highest BCUT2D eigenvalue weighted by atomic mass is 16.5. The topological polar surface area (TPSA) is 30.5 Å². The van der Waals surface area contributed by atoms with E-state index in [1.807, 2.05) is 24.3 Å². The van der Waals surface area contributed by atoms with E-state index in [2.05, 4.69) is 12.2 Å². The minimum absolute atomic E-state index is 0.0140. The summed E-state index contributed by atoms with van der Waals surface area (Å²) in [7, 11) is 1.67. The van der Waals surface area contributed by atoms with Gasteiger partial charge in [0.2, 0.25) is 0 Å². The third-order valence-electron chi connectivity index (χ3n) is 2.35. The van der Waals surface area contributed by atoms with Crippen molar-refractivity contribution in [1.82, 2.24) is 5.32 Å². The van der Waals surface area contributed by atoms with Crippen LogP contribution in [-0.4, -0.2) is 19.8 Å². The molecule has 2 unspecified atom stereocenters. The van der Waals surface area contributed by atoms with Crippen LogP contribution in [-0.2, 0) is 4.74 Å². The molecule has 3 heteroatoms. The molecule has 14 heavy (non-hydrogen) atoms. The van der Waals surface area contributed by atoms with Crippen LogP contribution >= 0.6 is 0 Å². The summed E-state index contributed by atoms with van der Waals surface area (Å²) < 4.78 is 10.7. The van der Waals surface area contributed by atoms with E-state index in [0.717, 1.165) is 17.9 Å². The molecule has 0 aromatic heterocycles. The molecule has 3 nitrogen and oxygen atoms in total. The van der Waals surface area contributed by atoms with Gasteiger partial charge in [0.05, 0.1) is 13.7 Å². The molecular formula is C11H15NO2. The Morgan fingerprint density at radius 1 is 1.50 bits per heavy atom. The first kappa shape index (κ1) is 9.49. The molecule has 1 N–H and O–H groups in total. The lowest BCUT2D eigenvalue weighted by molar-refractivity contribution is 0.101. The Bertz CT molecular complexity index is 314. The molecule has 1 aliphatic heterocycles. The molecule has 0 spiro atoms. The quantitative estimate of drug-likeness (QED) is 0.775. The summed E-state index contributed by atoms with van der Waals surface area (Å²) in [6, 6.07) is 8.36. The molecule has 0 amide bonds. The first-order valence-electron chi connectivity index (χ1n) is 4.81. The molecule has 1 aromatic rings. The number of methoxy groups -OCH3 is 1. The van der Waals surface area contributed by atoms with Gasteiger partial charge in [-0.2, -0.15) is 0 Å². The highest BCUT2D eigenvalue weighted by Gasteiger charge is 2.22. The maximum Gasteiger partial charge on any atom is 0.134 e. The summed E-state index contributed by atoms with van der Waals surface area (Å²) in [4.78, 5) is 0. The van der Waals surface area contributed by atoms with Gasteiger partial charge in [-0.1, -0.05) is 12.1 Å². The van der Waals surface area contributed by atoms with Crippen LogP contribution in [0.5, 0.6) is 5.75 Å². The van der Waals surface area contributed by atoms with E-state index in [1.165, 1.54) is 0 Å². The summed E-state index contributed by atoms with van der Waals surface area (Å²) in [5.41, 5.74) is 1.12. The lowest BCUT2D eigenvalue weighted by Crippen LogP contribution is -2.22. The number of hydrogen-bond donors (Lipinski definition) is 1. The van der Waals surface area contributed by atoms with Crippen molar-refractivity contribution in [2.24, 2.45) is 0 Å². The second-order valence-corrected chi connectivity index (χ2v) is 3.56. The van der Waals surface area contributed by atoms with E-state index in [1.54, 1.807) is 7.11 Å². The lowest BCUT2D eigenvalue weighted by atomic mass is 10.2. The van der Waals surface area contributed by atoms with E-state index in [-0.39, 0.29) is 6.23 Å². The van der Waals surface area contributed by atoms with Crippen molar-refractivity contribution in [1.29, 1.82) is 0 Å². The maximum absolute atomic E-state index is 5.58. The SMILES string of the molecule is COc1cccc(C2NC(C)CO2)c1. The summed E-state index contributed by atoms with van der Waals surface area (Å²) >= 11 is 0. The Hall–Kier alpha value is -1.06. The predicted octanol–water partition coefficient (Wildman–Crippen LogP) is 1.70. The van der Waals surface area contributed by atoms with E-state index >= 15 is 0 Å². The molecule has 0 bridgehead atoms. The second-order valence-electron chi connectivity index (χ2n) is 3.56. The summed E-state index contributed by atoms with van der Waals surface area (Å²) in [6.07, 6.45) is 0.0140. The van der Waals surface area contributed by atoms with E-state index in [0.29, 0.717) is 6.04 Å². The van der Waals surface area contributed by atoms with E-state index in [4.69, 9.17) is 9.47 Å². The predicted molar refractivity (Wildman–Crippen MR) is 54.3 cm³/mol. The molecule has 0 radical (unpaired) electrons. The fraction of sp³-hybridized carbons (Fsp3) is 0.455. The van der Waals surface area contributed by atoms with Crippen LogP contribution in [0.15, 0.2) is 24.3 Å².